The molecule has 0 aliphatic heterocycles. The Labute approximate surface area is 116 Å². The van der Waals surface area contributed by atoms with Crippen molar-refractivity contribution in [1.82, 2.24) is 25.3 Å². The van der Waals surface area contributed by atoms with E-state index < -0.39 is 18.9 Å². The van der Waals surface area contributed by atoms with Gasteiger partial charge in [0.2, 0.25) is 0 Å². The van der Waals surface area contributed by atoms with Crippen LogP contribution in [0, 0.1) is 0 Å². The molecule has 7 nitrogen and oxygen atoms in total. The minimum absolute atomic E-state index is 0.100. The zero-order valence-electron chi connectivity index (χ0n) is 10.5. The van der Waals surface area contributed by atoms with Crippen molar-refractivity contribution >= 4 is 6.09 Å². The van der Waals surface area contributed by atoms with Gasteiger partial charge in [-0.2, -0.15) is 13.2 Å². The molecule has 2 aromatic rings. The molecule has 0 saturated carbocycles. The number of hydrogen-bond donors (Lipinski definition) is 1. The number of nitrogens with one attached hydrogen (secondary N) is 1. The average molecular weight is 301 g/mol. The number of halogens is 3. The van der Waals surface area contributed by atoms with Crippen LogP contribution in [0.25, 0.3) is 5.69 Å². The second-order valence-electron chi connectivity index (χ2n) is 3.91. The molecule has 0 spiro atoms. The maximum absolute atomic E-state index is 11.8. The lowest BCUT2D eigenvalue weighted by atomic mass is 10.4. The summed E-state index contributed by atoms with van der Waals surface area (Å²) >= 11 is 0. The first-order valence-corrected chi connectivity index (χ1v) is 5.73. The molecule has 1 amide bonds. The Morgan fingerprint density at radius 1 is 1.43 bits per heavy atom. The number of rotatable bonds is 4. The fourth-order valence-corrected chi connectivity index (χ4v) is 1.36. The van der Waals surface area contributed by atoms with Crippen LogP contribution in [-0.4, -0.2) is 38.9 Å². The van der Waals surface area contributed by atoms with Gasteiger partial charge < -0.3 is 10.1 Å². The van der Waals surface area contributed by atoms with Gasteiger partial charge in [-0.05, 0) is 12.1 Å². The molecule has 2 aromatic heterocycles. The lowest BCUT2D eigenvalue weighted by Crippen LogP contribution is -2.28. The topological polar surface area (TPSA) is 81.9 Å². The highest BCUT2D eigenvalue weighted by Crippen LogP contribution is 2.14. The Balaban J connectivity index is 1.85. The predicted molar refractivity (Wildman–Crippen MR) is 63.4 cm³/mol. The molecule has 21 heavy (non-hydrogen) atoms. The van der Waals surface area contributed by atoms with Crippen molar-refractivity contribution in [2.45, 2.75) is 12.7 Å². The van der Waals surface area contributed by atoms with Crippen molar-refractivity contribution in [2.24, 2.45) is 0 Å². The van der Waals surface area contributed by atoms with Crippen LogP contribution >= 0.6 is 0 Å². The lowest BCUT2D eigenvalue weighted by Gasteiger charge is -2.07. The van der Waals surface area contributed by atoms with Crippen LogP contribution in [0.3, 0.4) is 0 Å². The van der Waals surface area contributed by atoms with Gasteiger partial charge in [-0.25, -0.2) is 9.48 Å². The lowest BCUT2D eigenvalue weighted by molar-refractivity contribution is -0.160. The van der Waals surface area contributed by atoms with Gasteiger partial charge in [-0.3, -0.25) is 4.98 Å². The second-order valence-corrected chi connectivity index (χ2v) is 3.91. The van der Waals surface area contributed by atoms with Crippen LogP contribution in [0.2, 0.25) is 0 Å². The van der Waals surface area contributed by atoms with Crippen molar-refractivity contribution in [2.75, 3.05) is 6.61 Å². The van der Waals surface area contributed by atoms with Crippen molar-refractivity contribution < 1.29 is 22.7 Å². The van der Waals surface area contributed by atoms with Crippen LogP contribution in [0.4, 0.5) is 18.0 Å². The summed E-state index contributed by atoms with van der Waals surface area (Å²) < 4.78 is 40.9. The van der Waals surface area contributed by atoms with Crippen molar-refractivity contribution in [3.63, 3.8) is 0 Å². The first-order chi connectivity index (χ1) is 9.94. The molecule has 112 valence electrons. The van der Waals surface area contributed by atoms with Crippen LogP contribution < -0.4 is 5.32 Å². The molecule has 0 aromatic carbocycles. The van der Waals surface area contributed by atoms with Gasteiger partial charge in [-0.1, -0.05) is 5.21 Å². The molecular weight excluding hydrogens is 291 g/mol. The van der Waals surface area contributed by atoms with E-state index >= 15 is 0 Å². The number of amides is 1. The van der Waals surface area contributed by atoms with E-state index in [9.17, 15) is 18.0 Å². The number of hydrogen-bond acceptors (Lipinski definition) is 5. The fourth-order valence-electron chi connectivity index (χ4n) is 1.36. The summed E-state index contributed by atoms with van der Waals surface area (Å²) in [7, 11) is 0. The third kappa shape index (κ3) is 4.75. The first-order valence-electron chi connectivity index (χ1n) is 5.73. The smallest absolute Gasteiger partial charge is 0.422 e. The highest BCUT2D eigenvalue weighted by Gasteiger charge is 2.29. The van der Waals surface area contributed by atoms with E-state index in [1.165, 1.54) is 10.9 Å². The van der Waals surface area contributed by atoms with E-state index in [0.717, 1.165) is 0 Å². The summed E-state index contributed by atoms with van der Waals surface area (Å²) in [5, 5.41) is 9.71. The third-order valence-corrected chi connectivity index (χ3v) is 2.23. The SMILES string of the molecule is O=C(NCc1cn(-c2cccnc2)nn1)OCC(F)(F)F. The summed E-state index contributed by atoms with van der Waals surface area (Å²) in [5.74, 6) is 0. The molecule has 2 rings (SSSR count). The molecule has 1 N–H and O–H groups in total. The number of nitrogens with zero attached hydrogens (tertiary/aromatic N) is 4. The molecule has 0 aliphatic rings. The molecule has 0 unspecified atom stereocenters. The Hall–Kier alpha value is -2.65. The molecular formula is C11H10F3N5O2. The monoisotopic (exact) mass is 301 g/mol. The van der Waals surface area contributed by atoms with Gasteiger partial charge in [0.15, 0.2) is 6.61 Å². The van der Waals surface area contributed by atoms with Crippen LogP contribution in [0.15, 0.2) is 30.7 Å². The summed E-state index contributed by atoms with van der Waals surface area (Å²) in [6, 6.07) is 3.46. The Morgan fingerprint density at radius 2 is 2.24 bits per heavy atom. The maximum Gasteiger partial charge on any atom is 0.422 e. The molecule has 0 radical (unpaired) electrons. The van der Waals surface area contributed by atoms with Crippen molar-refractivity contribution in [3.8, 4) is 5.69 Å². The summed E-state index contributed by atoms with van der Waals surface area (Å²) in [6.07, 6.45) is -1.06. The van der Waals surface area contributed by atoms with Gasteiger partial charge in [-0.15, -0.1) is 5.10 Å². The van der Waals surface area contributed by atoms with E-state index in [4.69, 9.17) is 0 Å². The van der Waals surface area contributed by atoms with Crippen LogP contribution in [0.5, 0.6) is 0 Å². The van der Waals surface area contributed by atoms with E-state index in [1.807, 2.05) is 0 Å². The van der Waals surface area contributed by atoms with E-state index in [-0.39, 0.29) is 6.54 Å². The van der Waals surface area contributed by atoms with Crippen molar-refractivity contribution in [1.29, 1.82) is 0 Å². The Kier molecular flexibility index (Phi) is 4.36. The number of carbonyl (C=O) groups excluding carboxylic acids is 1. The minimum atomic E-state index is -4.55. The Morgan fingerprint density at radius 3 is 2.90 bits per heavy atom. The third-order valence-electron chi connectivity index (χ3n) is 2.23. The zero-order chi connectivity index (χ0) is 15.3. The summed E-state index contributed by atoms with van der Waals surface area (Å²) in [4.78, 5) is 14.9. The quantitative estimate of drug-likeness (QED) is 0.924. The minimum Gasteiger partial charge on any atom is -0.440 e. The zero-order valence-corrected chi connectivity index (χ0v) is 10.5. The highest BCUT2D eigenvalue weighted by atomic mass is 19.4. The molecule has 0 fully saturated rings. The number of alkyl carbamates (subject to hydrolysis) is 1. The molecule has 0 bridgehead atoms. The largest absolute Gasteiger partial charge is 0.440 e. The number of pyridine rings is 1. The van der Waals surface area contributed by atoms with E-state index in [0.29, 0.717) is 11.4 Å². The molecule has 0 saturated heterocycles. The van der Waals surface area contributed by atoms with Gasteiger partial charge in [0.25, 0.3) is 0 Å². The fraction of sp³-hybridized carbons (Fsp3) is 0.273. The average Bonchev–Trinajstić information content (AvgIpc) is 2.92. The van der Waals surface area contributed by atoms with E-state index in [1.54, 1.807) is 24.5 Å². The first kappa shape index (κ1) is 14.8. The number of carbonyl (C=O) groups is 1. The van der Waals surface area contributed by atoms with Crippen molar-refractivity contribution in [3.05, 3.63) is 36.4 Å². The van der Waals surface area contributed by atoms with E-state index in [2.05, 4.69) is 25.3 Å². The summed E-state index contributed by atoms with van der Waals surface area (Å²) in [6.45, 7) is -1.74. The van der Waals surface area contributed by atoms with Gasteiger partial charge in [0.05, 0.1) is 24.6 Å². The van der Waals surface area contributed by atoms with Gasteiger partial charge >= 0.3 is 12.3 Å². The highest BCUT2D eigenvalue weighted by molar-refractivity contribution is 5.67. The molecule has 2 heterocycles. The number of aromatic nitrogens is 4. The van der Waals surface area contributed by atoms with Crippen LogP contribution in [-0.2, 0) is 11.3 Å². The molecule has 0 aliphatic carbocycles. The van der Waals surface area contributed by atoms with Crippen LogP contribution in [0.1, 0.15) is 5.69 Å². The molecule has 10 heteroatoms. The Bertz CT molecular complexity index is 599. The van der Waals surface area contributed by atoms with Gasteiger partial charge in [0.1, 0.15) is 5.69 Å². The van der Waals surface area contributed by atoms with Gasteiger partial charge in [0, 0.05) is 6.20 Å². The molecule has 0 atom stereocenters. The second kappa shape index (κ2) is 6.20. The maximum atomic E-state index is 11.8. The predicted octanol–water partition coefficient (Wildman–Crippen LogP) is 1.45. The standard InChI is InChI=1S/C11H10F3N5O2/c12-11(13,14)7-21-10(20)16-4-8-6-19(18-17-8)9-2-1-3-15-5-9/h1-3,5-6H,4,7H2,(H,16,20). The number of alkyl halides is 3. The summed E-state index contributed by atoms with van der Waals surface area (Å²) in [5.41, 5.74) is 1.03. The normalized spacial score (nSPS) is 11.2. The number of ether oxygens (including phenoxy) is 1.